The van der Waals surface area contributed by atoms with Gasteiger partial charge in [0.15, 0.2) is 0 Å². The Labute approximate surface area is 111 Å². The summed E-state index contributed by atoms with van der Waals surface area (Å²) in [6.07, 6.45) is 0. The van der Waals surface area contributed by atoms with Crippen LogP contribution < -0.4 is 10.2 Å². The smallest absolute Gasteiger partial charge is 0.120 e. The molecule has 5 heteroatoms. The van der Waals surface area contributed by atoms with Gasteiger partial charge in [-0.1, -0.05) is 0 Å². The van der Waals surface area contributed by atoms with Gasteiger partial charge in [0.2, 0.25) is 0 Å². The van der Waals surface area contributed by atoms with Crippen molar-refractivity contribution in [2.75, 3.05) is 38.2 Å². The van der Waals surface area contributed by atoms with Crippen molar-refractivity contribution in [3.8, 4) is 0 Å². The lowest BCUT2D eigenvalue weighted by Gasteiger charge is -2.29. The van der Waals surface area contributed by atoms with Gasteiger partial charge < -0.3 is 15.0 Å². The highest BCUT2D eigenvalue weighted by Gasteiger charge is 2.12. The van der Waals surface area contributed by atoms with Crippen LogP contribution in [0.15, 0.2) is 18.2 Å². The van der Waals surface area contributed by atoms with E-state index in [4.69, 9.17) is 4.74 Å². The Hall–Kier alpha value is -1.17. The van der Waals surface area contributed by atoms with Crippen molar-refractivity contribution in [1.29, 1.82) is 0 Å². The number of hydrogen-bond acceptors (Lipinski definition) is 5. The Balaban J connectivity index is 1.89. The number of ether oxygens (including phenoxy) is 1. The van der Waals surface area contributed by atoms with E-state index < -0.39 is 0 Å². The van der Waals surface area contributed by atoms with Gasteiger partial charge in [-0.15, -0.1) is 11.3 Å². The first-order chi connectivity index (χ1) is 8.86. The van der Waals surface area contributed by atoms with Gasteiger partial charge in [0.25, 0.3) is 0 Å². The number of aromatic nitrogens is 1. The maximum Gasteiger partial charge on any atom is 0.120 e. The van der Waals surface area contributed by atoms with Gasteiger partial charge in [-0.3, -0.25) is 0 Å². The van der Waals surface area contributed by atoms with Crippen LogP contribution in [0.3, 0.4) is 0 Å². The molecule has 0 spiro atoms. The average Bonchev–Trinajstić information content (AvgIpc) is 2.81. The van der Waals surface area contributed by atoms with Crippen LogP contribution >= 0.6 is 11.3 Å². The topological polar surface area (TPSA) is 37.4 Å². The molecular formula is C13H17N3OS. The lowest BCUT2D eigenvalue weighted by molar-refractivity contribution is 0.185. The molecule has 1 aromatic carbocycles. The molecule has 0 aliphatic carbocycles. The predicted molar refractivity (Wildman–Crippen MR) is 75.4 cm³/mol. The number of nitrogens with one attached hydrogen (secondary N) is 1. The summed E-state index contributed by atoms with van der Waals surface area (Å²) in [7, 11) is 1.71. The molecule has 1 aromatic heterocycles. The third-order valence-corrected chi connectivity index (χ3v) is 4.16. The zero-order valence-electron chi connectivity index (χ0n) is 10.5. The summed E-state index contributed by atoms with van der Waals surface area (Å²) in [5, 5.41) is 4.42. The van der Waals surface area contributed by atoms with E-state index >= 15 is 0 Å². The van der Waals surface area contributed by atoms with E-state index in [2.05, 4.69) is 33.4 Å². The second-order valence-corrected chi connectivity index (χ2v) is 5.54. The van der Waals surface area contributed by atoms with Crippen molar-refractivity contribution in [3.63, 3.8) is 0 Å². The quantitative estimate of drug-likeness (QED) is 0.917. The third-order valence-electron chi connectivity index (χ3n) is 3.17. The Morgan fingerprint density at radius 3 is 3.00 bits per heavy atom. The van der Waals surface area contributed by atoms with Crippen LogP contribution in [0, 0.1) is 0 Å². The monoisotopic (exact) mass is 263 g/mol. The van der Waals surface area contributed by atoms with E-state index in [1.165, 1.54) is 10.4 Å². The zero-order chi connectivity index (χ0) is 12.4. The molecule has 0 amide bonds. The normalized spacial score (nSPS) is 16.4. The number of anilines is 1. The van der Waals surface area contributed by atoms with E-state index in [1.807, 2.05) is 0 Å². The third kappa shape index (κ3) is 2.34. The van der Waals surface area contributed by atoms with E-state index in [-0.39, 0.29) is 0 Å². The minimum atomic E-state index is 0.600. The standard InChI is InChI=1S/C13H17N3OS/c1-17-9-13-15-11-3-2-10(8-12(11)18-13)16-6-4-14-5-7-16/h2-3,8,14H,4-7,9H2,1H3. The molecule has 1 saturated heterocycles. The van der Waals surface area contributed by atoms with Crippen molar-refractivity contribution in [2.45, 2.75) is 6.61 Å². The van der Waals surface area contributed by atoms with Crippen molar-refractivity contribution < 1.29 is 4.74 Å². The number of piperazine rings is 1. The van der Waals surface area contributed by atoms with Crippen molar-refractivity contribution in [2.24, 2.45) is 0 Å². The summed E-state index contributed by atoms with van der Waals surface area (Å²) in [4.78, 5) is 6.97. The minimum absolute atomic E-state index is 0.600. The second kappa shape index (κ2) is 5.22. The van der Waals surface area contributed by atoms with Gasteiger partial charge in [-0.25, -0.2) is 4.98 Å². The number of fused-ring (bicyclic) bond motifs is 1. The molecule has 0 atom stereocenters. The molecule has 4 nitrogen and oxygen atoms in total. The molecule has 1 fully saturated rings. The molecule has 96 valence electrons. The fourth-order valence-electron chi connectivity index (χ4n) is 2.27. The van der Waals surface area contributed by atoms with Crippen LogP contribution in [0.4, 0.5) is 5.69 Å². The fraction of sp³-hybridized carbons (Fsp3) is 0.462. The van der Waals surface area contributed by atoms with Crippen molar-refractivity contribution in [1.82, 2.24) is 10.3 Å². The fourth-order valence-corrected chi connectivity index (χ4v) is 3.24. The Morgan fingerprint density at radius 2 is 2.22 bits per heavy atom. The Kier molecular flexibility index (Phi) is 3.45. The summed E-state index contributed by atoms with van der Waals surface area (Å²) in [6.45, 7) is 4.89. The highest BCUT2D eigenvalue weighted by atomic mass is 32.1. The summed E-state index contributed by atoms with van der Waals surface area (Å²) in [6, 6.07) is 6.53. The molecule has 18 heavy (non-hydrogen) atoms. The first kappa shape index (κ1) is 11.9. The van der Waals surface area contributed by atoms with Gasteiger partial charge in [-0.05, 0) is 18.2 Å². The van der Waals surface area contributed by atoms with Gasteiger partial charge in [0, 0.05) is 39.0 Å². The lowest BCUT2D eigenvalue weighted by atomic mass is 10.2. The maximum atomic E-state index is 5.13. The molecule has 1 aliphatic heterocycles. The van der Waals surface area contributed by atoms with E-state index in [0.29, 0.717) is 6.61 Å². The molecule has 3 rings (SSSR count). The van der Waals surface area contributed by atoms with Crippen molar-refractivity contribution >= 4 is 27.2 Å². The van der Waals surface area contributed by atoms with Crippen molar-refractivity contribution in [3.05, 3.63) is 23.2 Å². The summed E-state index contributed by atoms with van der Waals surface area (Å²) < 4.78 is 6.38. The molecular weight excluding hydrogens is 246 g/mol. The van der Waals surface area contributed by atoms with E-state index in [0.717, 1.165) is 36.7 Å². The van der Waals surface area contributed by atoms with E-state index in [1.54, 1.807) is 18.4 Å². The summed E-state index contributed by atoms with van der Waals surface area (Å²) >= 11 is 1.72. The molecule has 1 aliphatic rings. The second-order valence-electron chi connectivity index (χ2n) is 4.43. The Bertz CT molecular complexity index is 534. The molecule has 0 saturated carbocycles. The van der Waals surface area contributed by atoms with Crippen LogP contribution in [-0.2, 0) is 11.3 Å². The summed E-state index contributed by atoms with van der Waals surface area (Å²) in [5.74, 6) is 0. The minimum Gasteiger partial charge on any atom is -0.378 e. The number of rotatable bonds is 3. The number of nitrogens with zero attached hydrogens (tertiary/aromatic N) is 2. The van der Waals surface area contributed by atoms with Crippen LogP contribution in [0.2, 0.25) is 0 Å². The lowest BCUT2D eigenvalue weighted by Crippen LogP contribution is -2.43. The molecule has 0 bridgehead atoms. The zero-order valence-corrected chi connectivity index (χ0v) is 11.3. The SMILES string of the molecule is COCc1nc2ccc(N3CCNCC3)cc2s1. The Morgan fingerprint density at radius 1 is 1.39 bits per heavy atom. The number of hydrogen-bond donors (Lipinski definition) is 1. The summed E-state index contributed by atoms with van der Waals surface area (Å²) in [5.41, 5.74) is 2.38. The highest BCUT2D eigenvalue weighted by Crippen LogP contribution is 2.27. The van der Waals surface area contributed by atoms with E-state index in [9.17, 15) is 0 Å². The predicted octanol–water partition coefficient (Wildman–Crippen LogP) is 1.85. The molecule has 0 unspecified atom stereocenters. The first-order valence-corrected chi connectivity index (χ1v) is 7.02. The van der Waals surface area contributed by atoms with Gasteiger partial charge >= 0.3 is 0 Å². The van der Waals surface area contributed by atoms with Crippen LogP contribution in [0.1, 0.15) is 5.01 Å². The molecule has 2 heterocycles. The molecule has 1 N–H and O–H groups in total. The molecule has 0 radical (unpaired) electrons. The van der Waals surface area contributed by atoms with Crippen LogP contribution in [0.5, 0.6) is 0 Å². The maximum absolute atomic E-state index is 5.13. The highest BCUT2D eigenvalue weighted by molar-refractivity contribution is 7.18. The van der Waals surface area contributed by atoms with Gasteiger partial charge in [0.1, 0.15) is 5.01 Å². The largest absolute Gasteiger partial charge is 0.378 e. The average molecular weight is 263 g/mol. The van der Waals surface area contributed by atoms with Gasteiger partial charge in [-0.2, -0.15) is 0 Å². The van der Waals surface area contributed by atoms with Crippen LogP contribution in [-0.4, -0.2) is 38.3 Å². The van der Waals surface area contributed by atoms with Crippen LogP contribution in [0.25, 0.3) is 10.2 Å². The first-order valence-electron chi connectivity index (χ1n) is 6.21. The number of methoxy groups -OCH3 is 1. The van der Waals surface area contributed by atoms with Gasteiger partial charge in [0.05, 0.1) is 16.8 Å². The molecule has 2 aromatic rings. The number of thiazole rings is 1. The number of benzene rings is 1.